The molecule has 0 unspecified atom stereocenters. The zero-order chi connectivity index (χ0) is 21.8. The molecule has 0 saturated carbocycles. The Labute approximate surface area is 187 Å². The van der Waals surface area contributed by atoms with Crippen LogP contribution in [-0.2, 0) is 11.2 Å². The number of para-hydroxylation sites is 1. The number of hydrogen-bond donors (Lipinski definition) is 1. The SMILES string of the molecule is O=C(CCOc1ccccc1Cl)Nc1ncc(CCN2C(=O)c3ccccc3C2=O)s1. The minimum absolute atomic E-state index is 0.148. The standard InChI is InChI=1S/C22H18ClN3O4S/c23-17-7-3-4-8-18(17)30-12-10-19(27)25-22-24-13-14(31-22)9-11-26-20(28)15-5-1-2-6-16(15)21(26)29/h1-8,13H,9-12H2,(H,24,25,27). The number of aromatic nitrogens is 1. The van der Waals surface area contributed by atoms with Crippen molar-refractivity contribution < 1.29 is 19.1 Å². The summed E-state index contributed by atoms with van der Waals surface area (Å²) in [5.41, 5.74) is 0.868. The van der Waals surface area contributed by atoms with Gasteiger partial charge in [0, 0.05) is 24.0 Å². The van der Waals surface area contributed by atoms with Gasteiger partial charge in [0.1, 0.15) is 5.75 Å². The summed E-state index contributed by atoms with van der Waals surface area (Å²) in [6.07, 6.45) is 2.25. The van der Waals surface area contributed by atoms with Crippen LogP contribution in [0.3, 0.4) is 0 Å². The van der Waals surface area contributed by atoms with Crippen molar-refractivity contribution in [3.05, 3.63) is 75.8 Å². The highest BCUT2D eigenvalue weighted by Crippen LogP contribution is 2.25. The minimum Gasteiger partial charge on any atom is -0.491 e. The Morgan fingerprint density at radius 2 is 1.74 bits per heavy atom. The van der Waals surface area contributed by atoms with Gasteiger partial charge in [-0.3, -0.25) is 19.3 Å². The number of imide groups is 1. The van der Waals surface area contributed by atoms with E-state index in [9.17, 15) is 14.4 Å². The van der Waals surface area contributed by atoms with Crippen molar-refractivity contribution in [1.82, 2.24) is 9.88 Å². The highest BCUT2D eigenvalue weighted by Gasteiger charge is 2.34. The van der Waals surface area contributed by atoms with Crippen LogP contribution in [0.25, 0.3) is 0 Å². The van der Waals surface area contributed by atoms with E-state index < -0.39 is 0 Å². The Hall–Kier alpha value is -3.23. The van der Waals surface area contributed by atoms with E-state index in [-0.39, 0.29) is 37.3 Å². The Bertz CT molecular complexity index is 1110. The number of nitrogens with zero attached hydrogens (tertiary/aromatic N) is 2. The van der Waals surface area contributed by atoms with Crippen LogP contribution in [0.2, 0.25) is 5.02 Å². The molecule has 0 spiro atoms. The molecule has 0 atom stereocenters. The Kier molecular flexibility index (Phi) is 6.29. The molecule has 1 N–H and O–H groups in total. The number of hydrogen-bond acceptors (Lipinski definition) is 6. The van der Waals surface area contributed by atoms with Gasteiger partial charge in [-0.25, -0.2) is 4.98 Å². The highest BCUT2D eigenvalue weighted by atomic mass is 35.5. The summed E-state index contributed by atoms with van der Waals surface area (Å²) in [7, 11) is 0. The number of nitrogens with one attached hydrogen (secondary N) is 1. The van der Waals surface area contributed by atoms with E-state index >= 15 is 0 Å². The molecule has 0 saturated heterocycles. The molecule has 7 nitrogen and oxygen atoms in total. The second kappa shape index (κ2) is 9.28. The Morgan fingerprint density at radius 1 is 1.06 bits per heavy atom. The van der Waals surface area contributed by atoms with Crippen LogP contribution in [0.1, 0.15) is 32.0 Å². The van der Waals surface area contributed by atoms with Gasteiger partial charge < -0.3 is 10.1 Å². The average molecular weight is 456 g/mol. The van der Waals surface area contributed by atoms with E-state index in [1.54, 1.807) is 54.7 Å². The van der Waals surface area contributed by atoms with Gasteiger partial charge in [0.05, 0.1) is 29.2 Å². The van der Waals surface area contributed by atoms with Crippen molar-refractivity contribution in [3.8, 4) is 5.75 Å². The molecule has 4 rings (SSSR count). The van der Waals surface area contributed by atoms with Gasteiger partial charge in [-0.1, -0.05) is 35.9 Å². The van der Waals surface area contributed by atoms with Gasteiger partial charge in [0.2, 0.25) is 5.91 Å². The smallest absolute Gasteiger partial charge is 0.261 e. The fourth-order valence-electron chi connectivity index (χ4n) is 3.14. The maximum absolute atomic E-state index is 12.4. The van der Waals surface area contributed by atoms with Crippen LogP contribution < -0.4 is 10.1 Å². The van der Waals surface area contributed by atoms with Crippen molar-refractivity contribution in [2.24, 2.45) is 0 Å². The summed E-state index contributed by atoms with van der Waals surface area (Å²) >= 11 is 7.32. The van der Waals surface area contributed by atoms with E-state index in [0.717, 1.165) is 4.88 Å². The number of rotatable bonds is 8. The van der Waals surface area contributed by atoms with Crippen LogP contribution in [0, 0.1) is 0 Å². The number of anilines is 1. The molecule has 31 heavy (non-hydrogen) atoms. The van der Waals surface area contributed by atoms with E-state index in [1.165, 1.54) is 16.2 Å². The third kappa shape index (κ3) is 4.76. The van der Waals surface area contributed by atoms with Crippen molar-refractivity contribution >= 4 is 45.8 Å². The average Bonchev–Trinajstić information content (AvgIpc) is 3.31. The molecule has 1 aliphatic heterocycles. The van der Waals surface area contributed by atoms with Crippen LogP contribution >= 0.6 is 22.9 Å². The lowest BCUT2D eigenvalue weighted by Gasteiger charge is -2.12. The normalized spacial score (nSPS) is 12.7. The zero-order valence-corrected chi connectivity index (χ0v) is 17.9. The fourth-order valence-corrected chi connectivity index (χ4v) is 4.15. The molecule has 1 aliphatic rings. The van der Waals surface area contributed by atoms with Gasteiger partial charge in [-0.15, -0.1) is 11.3 Å². The van der Waals surface area contributed by atoms with Crippen molar-refractivity contribution in [2.45, 2.75) is 12.8 Å². The predicted molar refractivity (Wildman–Crippen MR) is 118 cm³/mol. The van der Waals surface area contributed by atoms with Crippen LogP contribution in [0.15, 0.2) is 54.7 Å². The molecule has 0 bridgehead atoms. The minimum atomic E-state index is -0.280. The maximum Gasteiger partial charge on any atom is 0.261 e. The van der Waals surface area contributed by atoms with Crippen molar-refractivity contribution in [3.63, 3.8) is 0 Å². The molecule has 158 valence electrons. The molecule has 3 amide bonds. The number of amides is 3. The second-order valence-electron chi connectivity index (χ2n) is 6.77. The third-order valence-corrected chi connectivity index (χ3v) is 5.97. The van der Waals surface area contributed by atoms with Gasteiger partial charge in [-0.2, -0.15) is 0 Å². The molecule has 3 aromatic rings. The van der Waals surface area contributed by atoms with Crippen molar-refractivity contribution in [1.29, 1.82) is 0 Å². The first-order chi connectivity index (χ1) is 15.0. The van der Waals surface area contributed by atoms with Gasteiger partial charge >= 0.3 is 0 Å². The lowest BCUT2D eigenvalue weighted by atomic mass is 10.1. The summed E-state index contributed by atoms with van der Waals surface area (Å²) in [6.45, 7) is 0.446. The van der Waals surface area contributed by atoms with Gasteiger partial charge in [-0.05, 0) is 24.3 Å². The van der Waals surface area contributed by atoms with Crippen LogP contribution in [0.4, 0.5) is 5.13 Å². The number of carbonyl (C=O) groups is 3. The topological polar surface area (TPSA) is 88.6 Å². The summed E-state index contributed by atoms with van der Waals surface area (Å²) in [5, 5.41) is 3.68. The van der Waals surface area contributed by atoms with Gasteiger partial charge in [0.15, 0.2) is 5.13 Å². The highest BCUT2D eigenvalue weighted by molar-refractivity contribution is 7.15. The lowest BCUT2D eigenvalue weighted by Crippen LogP contribution is -2.31. The van der Waals surface area contributed by atoms with Crippen molar-refractivity contribution in [2.75, 3.05) is 18.5 Å². The maximum atomic E-state index is 12.4. The first-order valence-electron chi connectivity index (χ1n) is 9.60. The monoisotopic (exact) mass is 455 g/mol. The fraction of sp³-hybridized carbons (Fsp3) is 0.182. The molecule has 2 aromatic carbocycles. The first kappa shape index (κ1) is 21.0. The number of fused-ring (bicyclic) bond motifs is 1. The van der Waals surface area contributed by atoms with E-state index in [0.29, 0.717) is 33.5 Å². The summed E-state index contributed by atoms with van der Waals surface area (Å²) in [4.78, 5) is 43.3. The number of thiazole rings is 1. The molecule has 9 heteroatoms. The van der Waals surface area contributed by atoms with Gasteiger partial charge in [0.25, 0.3) is 11.8 Å². The molecular formula is C22H18ClN3O4S. The Balaban J connectivity index is 1.25. The molecule has 1 aromatic heterocycles. The summed E-state index contributed by atoms with van der Waals surface area (Å²) in [6, 6.07) is 13.9. The zero-order valence-electron chi connectivity index (χ0n) is 16.3. The number of carbonyl (C=O) groups excluding carboxylic acids is 3. The second-order valence-corrected chi connectivity index (χ2v) is 8.29. The molecular weight excluding hydrogens is 438 g/mol. The molecule has 0 radical (unpaired) electrons. The Morgan fingerprint density at radius 3 is 2.45 bits per heavy atom. The van der Waals surface area contributed by atoms with E-state index in [1.807, 2.05) is 0 Å². The number of halogens is 1. The third-order valence-electron chi connectivity index (χ3n) is 4.68. The largest absolute Gasteiger partial charge is 0.491 e. The first-order valence-corrected chi connectivity index (χ1v) is 10.8. The molecule has 2 heterocycles. The lowest BCUT2D eigenvalue weighted by molar-refractivity contribution is -0.116. The van der Waals surface area contributed by atoms with Crippen LogP contribution in [0.5, 0.6) is 5.75 Å². The molecule has 0 aliphatic carbocycles. The van der Waals surface area contributed by atoms with E-state index in [4.69, 9.17) is 16.3 Å². The number of benzene rings is 2. The quantitative estimate of drug-likeness (QED) is 0.518. The molecule has 0 fully saturated rings. The summed E-state index contributed by atoms with van der Waals surface area (Å²) in [5.74, 6) is -0.260. The van der Waals surface area contributed by atoms with E-state index in [2.05, 4.69) is 10.3 Å². The number of ether oxygens (including phenoxy) is 1. The van der Waals surface area contributed by atoms with Crippen LogP contribution in [-0.4, -0.2) is 40.8 Å². The summed E-state index contributed by atoms with van der Waals surface area (Å²) < 4.78 is 5.51. The predicted octanol–water partition coefficient (Wildman–Crippen LogP) is 4.04.